The number of halogens is 3. The Bertz CT molecular complexity index is 809. The fraction of sp³-hybridized carbons (Fsp3) is 0.294. The predicted octanol–water partition coefficient (Wildman–Crippen LogP) is 3.09. The summed E-state index contributed by atoms with van der Waals surface area (Å²) in [6.45, 7) is 2.63. The van der Waals surface area contributed by atoms with Crippen molar-refractivity contribution in [2.45, 2.75) is 6.92 Å². The van der Waals surface area contributed by atoms with E-state index in [9.17, 15) is 18.0 Å². The maximum Gasteiger partial charge on any atom is 0.255 e. The summed E-state index contributed by atoms with van der Waals surface area (Å²) in [6.07, 6.45) is 0. The molecule has 1 aromatic heterocycles. The first kappa shape index (κ1) is 18.0. The Morgan fingerprint density at radius 1 is 1.15 bits per heavy atom. The van der Waals surface area contributed by atoms with Gasteiger partial charge in [0.05, 0.1) is 13.2 Å². The molecule has 1 aliphatic heterocycles. The van der Waals surface area contributed by atoms with Gasteiger partial charge in [0.25, 0.3) is 5.95 Å². The molecule has 1 fully saturated rings. The number of ether oxygens (including phenoxy) is 2. The molecule has 0 unspecified atom stereocenters. The molecule has 0 aliphatic carbocycles. The van der Waals surface area contributed by atoms with Crippen LogP contribution in [-0.2, 0) is 9.53 Å². The van der Waals surface area contributed by atoms with Gasteiger partial charge in [-0.3, -0.25) is 4.79 Å². The van der Waals surface area contributed by atoms with E-state index in [1.807, 2.05) is 0 Å². The van der Waals surface area contributed by atoms with Crippen LogP contribution in [0.3, 0.4) is 0 Å². The average Bonchev–Trinajstić information content (AvgIpc) is 2.63. The van der Waals surface area contributed by atoms with Crippen LogP contribution in [0.15, 0.2) is 24.3 Å². The van der Waals surface area contributed by atoms with Crippen LogP contribution >= 0.6 is 0 Å². The Kier molecular flexibility index (Phi) is 5.27. The van der Waals surface area contributed by atoms with Crippen LogP contribution in [0.1, 0.15) is 6.92 Å². The van der Waals surface area contributed by atoms with E-state index in [0.29, 0.717) is 32.0 Å². The van der Waals surface area contributed by atoms with Crippen molar-refractivity contribution in [2.24, 2.45) is 0 Å². The molecule has 2 heterocycles. The van der Waals surface area contributed by atoms with Gasteiger partial charge in [-0.2, -0.15) is 18.2 Å². The zero-order chi connectivity index (χ0) is 18.7. The quantitative estimate of drug-likeness (QED) is 0.842. The van der Waals surface area contributed by atoms with Gasteiger partial charge in [-0.1, -0.05) is 0 Å². The molecule has 26 heavy (non-hydrogen) atoms. The lowest BCUT2D eigenvalue weighted by Crippen LogP contribution is -2.37. The Labute approximate surface area is 147 Å². The molecule has 1 saturated heterocycles. The topological polar surface area (TPSA) is 63.7 Å². The van der Waals surface area contributed by atoms with Gasteiger partial charge in [0, 0.05) is 25.7 Å². The Morgan fingerprint density at radius 2 is 1.81 bits per heavy atom. The molecule has 1 N–H and O–H groups in total. The number of rotatable bonds is 4. The first-order valence-corrected chi connectivity index (χ1v) is 7.88. The van der Waals surface area contributed by atoms with Crippen molar-refractivity contribution in [3.05, 3.63) is 41.8 Å². The van der Waals surface area contributed by atoms with Gasteiger partial charge in [0.2, 0.25) is 23.3 Å². The number of carbonyl (C=O) groups is 1. The van der Waals surface area contributed by atoms with Crippen molar-refractivity contribution in [2.75, 3.05) is 36.5 Å². The molecular weight excluding hydrogens is 351 g/mol. The SMILES string of the molecule is CC(=O)Nc1ccc(Oc2c(F)c(F)nc(N3CCOCC3)c2F)cc1. The van der Waals surface area contributed by atoms with Crippen LogP contribution < -0.4 is 15.0 Å². The number of aromatic nitrogens is 1. The molecule has 1 aliphatic rings. The molecule has 2 aromatic rings. The predicted molar refractivity (Wildman–Crippen MR) is 88.0 cm³/mol. The summed E-state index contributed by atoms with van der Waals surface area (Å²) in [4.78, 5) is 15.8. The largest absolute Gasteiger partial charge is 0.451 e. The van der Waals surface area contributed by atoms with E-state index >= 15 is 0 Å². The summed E-state index contributed by atoms with van der Waals surface area (Å²) < 4.78 is 53.0. The summed E-state index contributed by atoms with van der Waals surface area (Å²) in [7, 11) is 0. The summed E-state index contributed by atoms with van der Waals surface area (Å²) in [5.74, 6) is -5.42. The molecule has 0 spiro atoms. The number of hydrogen-bond donors (Lipinski definition) is 1. The molecule has 9 heteroatoms. The standard InChI is InChI=1S/C17H16F3N3O3/c1-10(24)21-11-2-4-12(5-3-11)26-15-13(18)16(20)22-17(14(15)19)23-6-8-25-9-7-23/h2-5H,6-9H2,1H3,(H,21,24). The molecule has 1 amide bonds. The smallest absolute Gasteiger partial charge is 0.255 e. The third kappa shape index (κ3) is 3.88. The zero-order valence-corrected chi connectivity index (χ0v) is 13.9. The molecule has 0 saturated carbocycles. The van der Waals surface area contributed by atoms with Gasteiger partial charge in [-0.05, 0) is 24.3 Å². The first-order valence-electron chi connectivity index (χ1n) is 7.88. The highest BCUT2D eigenvalue weighted by molar-refractivity contribution is 5.88. The Morgan fingerprint density at radius 3 is 2.42 bits per heavy atom. The van der Waals surface area contributed by atoms with Crippen molar-refractivity contribution < 1.29 is 27.4 Å². The summed E-state index contributed by atoms with van der Waals surface area (Å²) in [5.41, 5.74) is 0.487. The maximum absolute atomic E-state index is 14.7. The normalized spacial score (nSPS) is 14.2. The van der Waals surface area contributed by atoms with Crippen molar-refractivity contribution in [3.8, 4) is 11.5 Å². The van der Waals surface area contributed by atoms with Crippen molar-refractivity contribution in [1.29, 1.82) is 0 Å². The van der Waals surface area contributed by atoms with E-state index in [4.69, 9.17) is 9.47 Å². The molecule has 0 radical (unpaired) electrons. The summed E-state index contributed by atoms with van der Waals surface area (Å²) in [6, 6.07) is 5.79. The van der Waals surface area contributed by atoms with Gasteiger partial charge in [0.15, 0.2) is 5.82 Å². The van der Waals surface area contributed by atoms with Crippen molar-refractivity contribution in [1.82, 2.24) is 4.98 Å². The monoisotopic (exact) mass is 367 g/mol. The van der Waals surface area contributed by atoms with E-state index in [-0.39, 0.29) is 17.5 Å². The van der Waals surface area contributed by atoms with E-state index in [2.05, 4.69) is 10.3 Å². The molecule has 6 nitrogen and oxygen atoms in total. The fourth-order valence-electron chi connectivity index (χ4n) is 2.48. The number of benzene rings is 1. The number of morpholine rings is 1. The van der Waals surface area contributed by atoms with E-state index in [1.54, 1.807) is 0 Å². The molecule has 0 bridgehead atoms. The Balaban J connectivity index is 1.89. The van der Waals surface area contributed by atoms with E-state index in [0.717, 1.165) is 0 Å². The number of anilines is 2. The van der Waals surface area contributed by atoms with Crippen LogP contribution in [0, 0.1) is 17.6 Å². The van der Waals surface area contributed by atoms with Gasteiger partial charge in [-0.15, -0.1) is 0 Å². The second-order valence-electron chi connectivity index (χ2n) is 5.59. The lowest BCUT2D eigenvalue weighted by atomic mass is 10.3. The van der Waals surface area contributed by atoms with Gasteiger partial charge >= 0.3 is 0 Å². The van der Waals surface area contributed by atoms with E-state index < -0.39 is 23.3 Å². The zero-order valence-electron chi connectivity index (χ0n) is 13.9. The molecule has 138 valence electrons. The Hall–Kier alpha value is -2.81. The lowest BCUT2D eigenvalue weighted by Gasteiger charge is -2.28. The summed E-state index contributed by atoms with van der Waals surface area (Å²) >= 11 is 0. The average molecular weight is 367 g/mol. The molecule has 1 aromatic carbocycles. The molecule has 0 atom stereocenters. The summed E-state index contributed by atoms with van der Waals surface area (Å²) in [5, 5.41) is 2.55. The van der Waals surface area contributed by atoms with Crippen molar-refractivity contribution in [3.63, 3.8) is 0 Å². The number of hydrogen-bond acceptors (Lipinski definition) is 5. The number of amides is 1. The van der Waals surface area contributed by atoms with Crippen LogP contribution in [0.2, 0.25) is 0 Å². The minimum Gasteiger partial charge on any atom is -0.451 e. The third-order valence-electron chi connectivity index (χ3n) is 3.69. The fourth-order valence-corrected chi connectivity index (χ4v) is 2.48. The number of pyridine rings is 1. The number of nitrogens with one attached hydrogen (secondary N) is 1. The first-order chi connectivity index (χ1) is 12.5. The van der Waals surface area contributed by atoms with E-state index in [1.165, 1.54) is 36.1 Å². The van der Waals surface area contributed by atoms with Crippen LogP contribution in [0.5, 0.6) is 11.5 Å². The minimum absolute atomic E-state index is 0.0791. The second kappa shape index (κ2) is 7.61. The highest BCUT2D eigenvalue weighted by Gasteiger charge is 2.26. The highest BCUT2D eigenvalue weighted by atomic mass is 19.2. The van der Waals surface area contributed by atoms with Crippen LogP contribution in [-0.4, -0.2) is 37.2 Å². The second-order valence-corrected chi connectivity index (χ2v) is 5.59. The third-order valence-corrected chi connectivity index (χ3v) is 3.69. The van der Waals surface area contributed by atoms with Crippen molar-refractivity contribution >= 4 is 17.4 Å². The number of nitrogens with zero attached hydrogens (tertiary/aromatic N) is 2. The lowest BCUT2D eigenvalue weighted by molar-refractivity contribution is -0.114. The maximum atomic E-state index is 14.7. The minimum atomic E-state index is -1.51. The van der Waals surface area contributed by atoms with Gasteiger partial charge in [0.1, 0.15) is 5.75 Å². The van der Waals surface area contributed by atoms with Gasteiger partial charge < -0.3 is 19.7 Å². The molecular formula is C17H16F3N3O3. The van der Waals surface area contributed by atoms with Crippen LogP contribution in [0.25, 0.3) is 0 Å². The van der Waals surface area contributed by atoms with Gasteiger partial charge in [-0.25, -0.2) is 0 Å². The number of carbonyl (C=O) groups excluding carboxylic acids is 1. The molecule has 3 rings (SSSR count). The van der Waals surface area contributed by atoms with Crippen LogP contribution in [0.4, 0.5) is 24.7 Å². The highest BCUT2D eigenvalue weighted by Crippen LogP contribution is 2.34.